The Morgan fingerprint density at radius 2 is 1.39 bits per heavy atom. The molecule has 0 unspecified atom stereocenters. The lowest BCUT2D eigenvalue weighted by atomic mass is 9.98. The van der Waals surface area contributed by atoms with E-state index in [1.165, 1.54) is 28.7 Å². The van der Waals surface area contributed by atoms with E-state index in [4.69, 9.17) is 0 Å². The highest BCUT2D eigenvalue weighted by Gasteiger charge is 2.31. The van der Waals surface area contributed by atoms with Crippen LogP contribution in [0.2, 0.25) is 0 Å². The summed E-state index contributed by atoms with van der Waals surface area (Å²) >= 11 is 0. The van der Waals surface area contributed by atoms with E-state index in [0.717, 1.165) is 25.3 Å². The highest BCUT2D eigenvalue weighted by Crippen LogP contribution is 2.33. The van der Waals surface area contributed by atoms with Crippen molar-refractivity contribution in [3.8, 4) is 0 Å². The summed E-state index contributed by atoms with van der Waals surface area (Å²) in [6.07, 6.45) is 3.84. The topological polar surface area (TPSA) is 20.3 Å². The Labute approximate surface area is 205 Å². The van der Waals surface area contributed by atoms with E-state index in [9.17, 15) is 4.79 Å². The molecule has 2 aromatic carbocycles. The summed E-state index contributed by atoms with van der Waals surface area (Å²) in [6.45, 7) is 22.0. The van der Waals surface area contributed by atoms with Crippen LogP contribution in [0.3, 0.4) is 0 Å². The third-order valence-corrected chi connectivity index (χ3v) is 5.89. The second kappa shape index (κ2) is 17.4. The van der Waals surface area contributed by atoms with Crippen molar-refractivity contribution in [2.75, 3.05) is 6.54 Å². The van der Waals surface area contributed by atoms with Crippen LogP contribution in [0.5, 0.6) is 0 Å². The summed E-state index contributed by atoms with van der Waals surface area (Å²) in [4.78, 5) is 14.4. The number of rotatable bonds is 6. The number of aryl methyl sites for hydroxylation is 1. The molecular weight excluding hydrogens is 402 g/mol. The first-order valence-electron chi connectivity index (χ1n) is 13.3. The molecule has 1 aliphatic rings. The van der Waals surface area contributed by atoms with Gasteiger partial charge in [-0.25, -0.2) is 0 Å². The van der Waals surface area contributed by atoms with Crippen LogP contribution >= 0.6 is 0 Å². The Kier molecular flexibility index (Phi) is 16.3. The molecule has 1 aliphatic heterocycles. The monoisotopic (exact) mass is 453 g/mol. The van der Waals surface area contributed by atoms with Crippen LogP contribution in [-0.2, 0) is 11.2 Å². The number of nitrogens with zero attached hydrogens (tertiary/aromatic N) is 1. The van der Waals surface area contributed by atoms with Crippen molar-refractivity contribution in [3.63, 3.8) is 0 Å². The molecule has 0 saturated carbocycles. The first kappa shape index (κ1) is 30.9. The molecule has 0 aliphatic carbocycles. The molecule has 1 saturated heterocycles. The Bertz CT molecular complexity index is 743. The lowest BCUT2D eigenvalue weighted by molar-refractivity contribution is -0.129. The molecule has 0 radical (unpaired) electrons. The average molecular weight is 454 g/mol. The minimum absolute atomic E-state index is 0.240. The van der Waals surface area contributed by atoms with Gasteiger partial charge in [-0.15, -0.1) is 0 Å². The van der Waals surface area contributed by atoms with Crippen LogP contribution in [0.1, 0.15) is 116 Å². The second-order valence-electron chi connectivity index (χ2n) is 9.00. The van der Waals surface area contributed by atoms with Crippen molar-refractivity contribution in [1.82, 2.24) is 4.90 Å². The van der Waals surface area contributed by atoms with Crippen molar-refractivity contribution < 1.29 is 4.79 Å². The molecule has 1 fully saturated rings. The minimum atomic E-state index is 0.240. The summed E-state index contributed by atoms with van der Waals surface area (Å²) < 4.78 is 0. The largest absolute Gasteiger partial charge is 0.335 e. The van der Waals surface area contributed by atoms with Gasteiger partial charge in [0, 0.05) is 13.0 Å². The van der Waals surface area contributed by atoms with Gasteiger partial charge in [0.05, 0.1) is 6.04 Å². The number of hydrogen-bond donors (Lipinski definition) is 0. The van der Waals surface area contributed by atoms with Gasteiger partial charge in [0.2, 0.25) is 5.91 Å². The number of likely N-dealkylation sites (tertiary alicyclic amines) is 1. The number of carbonyl (C=O) groups excluding carboxylic acids is 1. The highest BCUT2D eigenvalue weighted by molar-refractivity contribution is 5.79. The SMILES string of the molecule is CC.CC.CCC(C)C.Cc1ccc(CCN2C(=O)CC[C@H]2c2ccc(C(C)C)cc2)cc1. The molecule has 0 N–H and O–H groups in total. The normalized spacial score (nSPS) is 14.7. The maximum absolute atomic E-state index is 12.3. The Hall–Kier alpha value is -2.09. The zero-order valence-corrected chi connectivity index (χ0v) is 23.2. The fraction of sp³-hybridized carbons (Fsp3) is 0.581. The molecular formula is C31H51NO. The van der Waals surface area contributed by atoms with Crippen LogP contribution in [0.15, 0.2) is 48.5 Å². The van der Waals surface area contributed by atoms with Gasteiger partial charge in [-0.3, -0.25) is 4.79 Å². The first-order valence-corrected chi connectivity index (χ1v) is 13.3. The molecule has 0 spiro atoms. The first-order chi connectivity index (χ1) is 15.8. The van der Waals surface area contributed by atoms with Crippen LogP contribution in [0.25, 0.3) is 0 Å². The molecule has 0 aromatic heterocycles. The second-order valence-corrected chi connectivity index (χ2v) is 9.00. The van der Waals surface area contributed by atoms with Crippen LogP contribution in [0.4, 0.5) is 0 Å². The number of hydrogen-bond acceptors (Lipinski definition) is 1. The summed E-state index contributed by atoms with van der Waals surface area (Å²) in [7, 11) is 0. The summed E-state index contributed by atoms with van der Waals surface area (Å²) in [5.74, 6) is 1.72. The molecule has 186 valence electrons. The van der Waals surface area contributed by atoms with Gasteiger partial charge >= 0.3 is 0 Å². The van der Waals surface area contributed by atoms with Crippen LogP contribution < -0.4 is 0 Å². The molecule has 33 heavy (non-hydrogen) atoms. The molecule has 2 nitrogen and oxygen atoms in total. The molecule has 1 amide bonds. The standard InChI is InChI=1S/C22H27NO.C5H12.2C2H6/c1-16(2)19-8-10-20(11-9-19)21-12-13-22(24)23(21)15-14-18-6-4-17(3)5-7-18;1-4-5(2)3;2*1-2/h4-11,16,21H,12-15H2,1-3H3;5H,4H2,1-3H3;2*1-2H3/t21-;;;/m0.../s1. The van der Waals surface area contributed by atoms with Gasteiger partial charge < -0.3 is 4.90 Å². The fourth-order valence-corrected chi connectivity index (χ4v) is 3.47. The van der Waals surface area contributed by atoms with Gasteiger partial charge in [0.1, 0.15) is 0 Å². The van der Waals surface area contributed by atoms with Crippen molar-refractivity contribution in [2.24, 2.45) is 5.92 Å². The maximum Gasteiger partial charge on any atom is 0.223 e. The van der Waals surface area contributed by atoms with E-state index in [-0.39, 0.29) is 6.04 Å². The molecule has 1 heterocycles. The Balaban J connectivity index is 0.000000991. The number of amides is 1. The van der Waals surface area contributed by atoms with E-state index < -0.39 is 0 Å². The van der Waals surface area contributed by atoms with Gasteiger partial charge in [0.25, 0.3) is 0 Å². The van der Waals surface area contributed by atoms with E-state index in [2.05, 4.69) is 95.0 Å². The van der Waals surface area contributed by atoms with E-state index >= 15 is 0 Å². The van der Waals surface area contributed by atoms with Gasteiger partial charge in [-0.2, -0.15) is 0 Å². The van der Waals surface area contributed by atoms with Crippen molar-refractivity contribution in [2.45, 2.75) is 107 Å². The van der Waals surface area contributed by atoms with Crippen molar-refractivity contribution in [1.29, 1.82) is 0 Å². The zero-order valence-electron chi connectivity index (χ0n) is 23.2. The van der Waals surface area contributed by atoms with Gasteiger partial charge in [-0.1, -0.05) is 123 Å². The number of benzene rings is 2. The lowest BCUT2D eigenvalue weighted by Crippen LogP contribution is -2.29. The average Bonchev–Trinajstić information content (AvgIpc) is 3.22. The molecule has 0 bridgehead atoms. The fourth-order valence-electron chi connectivity index (χ4n) is 3.47. The quantitative estimate of drug-likeness (QED) is 0.427. The molecule has 2 heteroatoms. The number of carbonyl (C=O) groups is 1. The maximum atomic E-state index is 12.3. The van der Waals surface area contributed by atoms with Gasteiger partial charge in [-0.05, 0) is 48.3 Å². The molecule has 3 rings (SSSR count). The third-order valence-electron chi connectivity index (χ3n) is 5.89. The predicted molar refractivity (Wildman–Crippen MR) is 147 cm³/mol. The summed E-state index contributed by atoms with van der Waals surface area (Å²) in [5, 5.41) is 0. The Morgan fingerprint density at radius 1 is 0.879 bits per heavy atom. The van der Waals surface area contributed by atoms with Gasteiger partial charge in [0.15, 0.2) is 0 Å². The predicted octanol–water partition coefficient (Wildman–Crippen LogP) is 9.13. The molecule has 1 atom stereocenters. The van der Waals surface area contributed by atoms with E-state index in [1.54, 1.807) is 0 Å². The molecule has 2 aromatic rings. The van der Waals surface area contributed by atoms with E-state index in [1.807, 2.05) is 27.7 Å². The Morgan fingerprint density at radius 3 is 1.85 bits per heavy atom. The van der Waals surface area contributed by atoms with Crippen molar-refractivity contribution >= 4 is 5.91 Å². The summed E-state index contributed by atoms with van der Waals surface area (Å²) in [5.41, 5.74) is 5.21. The smallest absolute Gasteiger partial charge is 0.223 e. The minimum Gasteiger partial charge on any atom is -0.335 e. The zero-order chi connectivity index (χ0) is 25.4. The summed E-state index contributed by atoms with van der Waals surface area (Å²) in [6, 6.07) is 17.7. The van der Waals surface area contributed by atoms with Crippen LogP contribution in [-0.4, -0.2) is 17.4 Å². The lowest BCUT2D eigenvalue weighted by Gasteiger charge is -2.25. The third kappa shape index (κ3) is 11.1. The van der Waals surface area contributed by atoms with E-state index in [0.29, 0.717) is 18.2 Å². The van der Waals surface area contributed by atoms with Crippen LogP contribution in [0, 0.1) is 12.8 Å². The highest BCUT2D eigenvalue weighted by atomic mass is 16.2. The van der Waals surface area contributed by atoms with Crippen molar-refractivity contribution in [3.05, 3.63) is 70.8 Å².